The molecule has 1 atom stereocenters. The van der Waals surface area contributed by atoms with Crippen LogP contribution in [0, 0.1) is 5.92 Å². The molecule has 0 aromatic heterocycles. The van der Waals surface area contributed by atoms with E-state index in [1.165, 1.54) is 24.8 Å². The highest BCUT2D eigenvalue weighted by Crippen LogP contribution is 2.37. The van der Waals surface area contributed by atoms with Crippen molar-refractivity contribution in [2.24, 2.45) is 5.92 Å². The lowest BCUT2D eigenvalue weighted by molar-refractivity contribution is 0.293. The highest BCUT2D eigenvalue weighted by Gasteiger charge is 2.21. The first-order valence-electron chi connectivity index (χ1n) is 5.57. The number of alkyl halides is 1. The van der Waals surface area contributed by atoms with Crippen molar-refractivity contribution in [3.63, 3.8) is 0 Å². The lowest BCUT2D eigenvalue weighted by Crippen LogP contribution is -2.12. The first-order chi connectivity index (χ1) is 7.29. The Morgan fingerprint density at radius 3 is 2.47 bits per heavy atom. The number of methoxy groups -OCH3 is 1. The highest BCUT2D eigenvalue weighted by molar-refractivity contribution is 6.20. The van der Waals surface area contributed by atoms with Crippen molar-refractivity contribution in [2.45, 2.75) is 31.1 Å². The summed E-state index contributed by atoms with van der Waals surface area (Å²) in [6.07, 6.45) is 5.23. The van der Waals surface area contributed by atoms with E-state index in [1.54, 1.807) is 7.11 Å². The summed E-state index contributed by atoms with van der Waals surface area (Å²) in [6, 6.07) is 8.08. The normalized spacial score (nSPS) is 18.3. The van der Waals surface area contributed by atoms with Crippen LogP contribution in [0.25, 0.3) is 0 Å². The fourth-order valence-corrected chi connectivity index (χ4v) is 2.37. The van der Waals surface area contributed by atoms with Crippen LogP contribution in [0.4, 0.5) is 0 Å². The SMILES string of the molecule is COc1ccc(C(Cl)CC2CCC2)cc1. The van der Waals surface area contributed by atoms with Crippen molar-refractivity contribution in [3.8, 4) is 5.75 Å². The molecule has 2 heteroatoms. The molecule has 1 unspecified atom stereocenters. The summed E-state index contributed by atoms with van der Waals surface area (Å²) in [6.45, 7) is 0. The van der Waals surface area contributed by atoms with Crippen molar-refractivity contribution < 1.29 is 4.74 Å². The van der Waals surface area contributed by atoms with Crippen LogP contribution in [0.3, 0.4) is 0 Å². The molecule has 0 spiro atoms. The Balaban J connectivity index is 1.94. The van der Waals surface area contributed by atoms with E-state index in [4.69, 9.17) is 16.3 Å². The smallest absolute Gasteiger partial charge is 0.118 e. The predicted molar refractivity (Wildman–Crippen MR) is 63.5 cm³/mol. The average Bonchev–Trinajstić information content (AvgIpc) is 2.23. The molecule has 0 N–H and O–H groups in total. The quantitative estimate of drug-likeness (QED) is 0.698. The molecule has 0 radical (unpaired) electrons. The molecule has 1 aromatic carbocycles. The van der Waals surface area contributed by atoms with Gasteiger partial charge in [0.1, 0.15) is 5.75 Å². The molecule has 0 bridgehead atoms. The lowest BCUT2D eigenvalue weighted by atomic mass is 9.81. The minimum Gasteiger partial charge on any atom is -0.497 e. The second-order valence-electron chi connectivity index (χ2n) is 4.27. The maximum Gasteiger partial charge on any atom is 0.118 e. The molecule has 0 amide bonds. The molecule has 1 aliphatic rings. The molecule has 1 nitrogen and oxygen atoms in total. The summed E-state index contributed by atoms with van der Waals surface area (Å²) in [5.41, 5.74) is 1.21. The Labute approximate surface area is 96.4 Å². The summed E-state index contributed by atoms with van der Waals surface area (Å²) >= 11 is 6.37. The Bertz CT molecular complexity index is 303. The van der Waals surface area contributed by atoms with E-state index in [9.17, 15) is 0 Å². The van der Waals surface area contributed by atoms with Crippen LogP contribution < -0.4 is 4.74 Å². The second-order valence-corrected chi connectivity index (χ2v) is 4.80. The minimum atomic E-state index is 0.168. The first kappa shape index (κ1) is 10.8. The van der Waals surface area contributed by atoms with Crippen LogP contribution in [0.5, 0.6) is 5.75 Å². The number of benzene rings is 1. The van der Waals surface area contributed by atoms with Gasteiger partial charge in [-0.3, -0.25) is 0 Å². The maximum absolute atomic E-state index is 6.37. The van der Waals surface area contributed by atoms with Crippen molar-refractivity contribution in [1.82, 2.24) is 0 Å². The van der Waals surface area contributed by atoms with Gasteiger partial charge in [-0.1, -0.05) is 31.4 Å². The van der Waals surface area contributed by atoms with Crippen LogP contribution in [-0.2, 0) is 0 Å². The molecule has 82 valence electrons. The Kier molecular flexibility index (Phi) is 3.53. The molecule has 1 aromatic rings. The molecule has 15 heavy (non-hydrogen) atoms. The van der Waals surface area contributed by atoms with E-state index < -0.39 is 0 Å². The maximum atomic E-state index is 6.37. The van der Waals surface area contributed by atoms with E-state index in [-0.39, 0.29) is 5.38 Å². The van der Waals surface area contributed by atoms with Gasteiger partial charge in [-0.05, 0) is 30.0 Å². The summed E-state index contributed by atoms with van der Waals surface area (Å²) in [5.74, 6) is 1.75. The zero-order valence-electron chi connectivity index (χ0n) is 9.08. The summed E-state index contributed by atoms with van der Waals surface area (Å²) in [4.78, 5) is 0. The third-order valence-corrected chi connectivity index (χ3v) is 3.67. The van der Waals surface area contributed by atoms with Gasteiger partial charge >= 0.3 is 0 Å². The highest BCUT2D eigenvalue weighted by atomic mass is 35.5. The number of hydrogen-bond donors (Lipinski definition) is 0. The number of halogens is 1. The molecule has 0 saturated heterocycles. The molecular formula is C13H17ClO. The van der Waals surface area contributed by atoms with E-state index in [2.05, 4.69) is 12.1 Å². The van der Waals surface area contributed by atoms with Crippen LogP contribution in [0.1, 0.15) is 36.6 Å². The van der Waals surface area contributed by atoms with Gasteiger partial charge in [0, 0.05) is 0 Å². The largest absolute Gasteiger partial charge is 0.497 e. The minimum absolute atomic E-state index is 0.168. The van der Waals surface area contributed by atoms with E-state index >= 15 is 0 Å². The molecule has 1 aliphatic carbocycles. The van der Waals surface area contributed by atoms with E-state index in [1.807, 2.05) is 12.1 Å². The summed E-state index contributed by atoms with van der Waals surface area (Å²) in [5, 5.41) is 0.168. The second kappa shape index (κ2) is 4.89. The van der Waals surface area contributed by atoms with E-state index in [0.717, 1.165) is 18.1 Å². The molecule has 0 aliphatic heterocycles. The van der Waals surface area contributed by atoms with Crippen molar-refractivity contribution in [2.75, 3.05) is 7.11 Å². The van der Waals surface area contributed by atoms with Crippen LogP contribution in [-0.4, -0.2) is 7.11 Å². The Hall–Kier alpha value is -0.690. The zero-order valence-corrected chi connectivity index (χ0v) is 9.83. The van der Waals surface area contributed by atoms with Gasteiger partial charge in [-0.15, -0.1) is 11.6 Å². The molecule has 1 fully saturated rings. The zero-order chi connectivity index (χ0) is 10.7. The average molecular weight is 225 g/mol. The number of ether oxygens (including phenoxy) is 1. The third-order valence-electron chi connectivity index (χ3n) is 3.24. The molecule has 1 saturated carbocycles. The van der Waals surface area contributed by atoms with Gasteiger partial charge in [-0.2, -0.15) is 0 Å². The van der Waals surface area contributed by atoms with Gasteiger partial charge in [0.15, 0.2) is 0 Å². The molecular weight excluding hydrogens is 208 g/mol. The van der Waals surface area contributed by atoms with Crippen LogP contribution >= 0.6 is 11.6 Å². The van der Waals surface area contributed by atoms with Crippen LogP contribution in [0.15, 0.2) is 24.3 Å². The number of rotatable bonds is 4. The summed E-state index contributed by atoms with van der Waals surface area (Å²) in [7, 11) is 1.68. The Morgan fingerprint density at radius 2 is 2.00 bits per heavy atom. The van der Waals surface area contributed by atoms with Crippen molar-refractivity contribution in [3.05, 3.63) is 29.8 Å². The lowest BCUT2D eigenvalue weighted by Gasteiger charge is -2.27. The fraction of sp³-hybridized carbons (Fsp3) is 0.538. The number of hydrogen-bond acceptors (Lipinski definition) is 1. The van der Waals surface area contributed by atoms with Crippen LogP contribution in [0.2, 0.25) is 0 Å². The van der Waals surface area contributed by atoms with Gasteiger partial charge in [0.2, 0.25) is 0 Å². The summed E-state index contributed by atoms with van der Waals surface area (Å²) < 4.78 is 5.12. The fourth-order valence-electron chi connectivity index (χ4n) is 1.97. The van der Waals surface area contributed by atoms with Crippen molar-refractivity contribution >= 4 is 11.6 Å². The molecule has 2 rings (SSSR count). The van der Waals surface area contributed by atoms with Crippen molar-refractivity contribution in [1.29, 1.82) is 0 Å². The first-order valence-corrected chi connectivity index (χ1v) is 6.01. The van der Waals surface area contributed by atoms with Gasteiger partial charge in [0.25, 0.3) is 0 Å². The predicted octanol–water partition coefficient (Wildman–Crippen LogP) is 4.17. The topological polar surface area (TPSA) is 9.23 Å². The Morgan fingerprint density at radius 1 is 1.33 bits per heavy atom. The van der Waals surface area contributed by atoms with E-state index in [0.29, 0.717) is 0 Å². The monoisotopic (exact) mass is 224 g/mol. The third kappa shape index (κ3) is 2.66. The van der Waals surface area contributed by atoms with Gasteiger partial charge in [0.05, 0.1) is 12.5 Å². The van der Waals surface area contributed by atoms with Gasteiger partial charge in [-0.25, -0.2) is 0 Å². The standard InChI is InChI=1S/C13H17ClO/c1-15-12-7-5-11(6-8-12)13(14)9-10-3-2-4-10/h5-8,10,13H,2-4,9H2,1H3. The molecule has 0 heterocycles. The van der Waals surface area contributed by atoms with Gasteiger partial charge < -0.3 is 4.74 Å².